The number of carboxylic acids is 1. The van der Waals surface area contributed by atoms with Crippen molar-refractivity contribution in [3.8, 4) is 0 Å². The van der Waals surface area contributed by atoms with E-state index in [9.17, 15) is 33.9 Å². The van der Waals surface area contributed by atoms with E-state index in [2.05, 4.69) is 20.3 Å². The normalized spacial score (nSPS) is 21.4. The molecule has 0 aromatic carbocycles. The molecule has 1 aliphatic rings. The van der Waals surface area contributed by atoms with Gasteiger partial charge in [-0.2, -0.15) is 4.98 Å². The number of nitrogens with zero attached hydrogens (tertiary/aromatic N) is 3. The molecule has 5 atom stereocenters. The second-order valence-electron chi connectivity index (χ2n) is 9.10. The minimum Gasteiger partial charge on any atom is -0.481 e. The number of imidazole rings is 1. The minimum atomic E-state index is -1.36. The smallest absolute Gasteiger partial charge is 0.303 e. The molecule has 0 radical (unpaired) electrons. The van der Waals surface area contributed by atoms with E-state index in [0.29, 0.717) is 0 Å². The summed E-state index contributed by atoms with van der Waals surface area (Å²) >= 11 is 0. The predicted molar refractivity (Wildman–Crippen MR) is 129 cm³/mol. The van der Waals surface area contributed by atoms with Crippen LogP contribution in [0, 0.1) is 5.92 Å². The Bertz CT molecular complexity index is 1330. The monoisotopic (exact) mass is 551 g/mol. The molecule has 2 aromatic rings. The number of fused-ring (bicyclic) bond motifs is 1. The van der Waals surface area contributed by atoms with Crippen molar-refractivity contribution in [3.05, 3.63) is 16.7 Å². The van der Waals surface area contributed by atoms with Crippen LogP contribution >= 0.6 is 0 Å². The average molecular weight is 552 g/mol. The summed E-state index contributed by atoms with van der Waals surface area (Å²) in [5.74, 6) is -4.51. The zero-order chi connectivity index (χ0) is 29.0. The van der Waals surface area contributed by atoms with Gasteiger partial charge in [0.1, 0.15) is 12.2 Å². The van der Waals surface area contributed by atoms with Gasteiger partial charge in [-0.25, -0.2) is 4.98 Å². The fourth-order valence-corrected chi connectivity index (χ4v) is 4.03. The Hall–Kier alpha value is -4.34. The quantitative estimate of drug-likeness (QED) is 0.267. The number of amides is 1. The molecule has 0 bridgehead atoms. The molecule has 3 heterocycles. The molecule has 1 saturated heterocycles. The summed E-state index contributed by atoms with van der Waals surface area (Å²) in [4.78, 5) is 82.7. The van der Waals surface area contributed by atoms with Gasteiger partial charge in [-0.15, -0.1) is 0 Å². The Labute approximate surface area is 221 Å². The largest absolute Gasteiger partial charge is 0.481 e. The SMILES string of the molecule is CC(=O)O[C@H]1[C@@H](OC(C)=O)[C@H](n2cnc3c(=O)[nH]c(NC(=O)C(C)C)nc32)O[C@@H]1[C@H](CCC(=O)O)OC(C)=O. The number of aromatic amines is 1. The number of esters is 3. The van der Waals surface area contributed by atoms with E-state index in [0.717, 1.165) is 20.8 Å². The summed E-state index contributed by atoms with van der Waals surface area (Å²) in [5.41, 5.74) is -0.901. The van der Waals surface area contributed by atoms with Crippen molar-refractivity contribution in [2.45, 2.75) is 78.1 Å². The van der Waals surface area contributed by atoms with Gasteiger partial charge in [0.25, 0.3) is 5.56 Å². The lowest BCUT2D eigenvalue weighted by Crippen LogP contribution is -2.45. The third-order valence-corrected chi connectivity index (χ3v) is 5.63. The molecular formula is C23H29N5O11. The Morgan fingerprint density at radius 1 is 1.10 bits per heavy atom. The molecule has 0 aliphatic carbocycles. The molecule has 39 heavy (non-hydrogen) atoms. The lowest BCUT2D eigenvalue weighted by Gasteiger charge is -2.27. The topological polar surface area (TPSA) is 218 Å². The van der Waals surface area contributed by atoms with Gasteiger partial charge in [0.2, 0.25) is 11.9 Å². The Morgan fingerprint density at radius 2 is 1.74 bits per heavy atom. The third-order valence-electron chi connectivity index (χ3n) is 5.63. The summed E-state index contributed by atoms with van der Waals surface area (Å²) in [7, 11) is 0. The second-order valence-corrected chi connectivity index (χ2v) is 9.10. The standard InChI is InChI=1S/C23H29N5O11/c1-9(2)20(34)26-23-25-19-15(21(35)27-23)24-8-28(19)22-18(38-12(5)31)17(37-11(4)30)16(39-22)13(36-10(3)29)6-7-14(32)33/h8-9,13,16-18,22H,6-7H2,1-5H3,(H,32,33)(H2,25,26,27,34,35)/t13-,16+,17+,18+,22+/m0/s1. The molecule has 3 rings (SSSR count). The lowest BCUT2D eigenvalue weighted by molar-refractivity contribution is -0.171. The van der Waals surface area contributed by atoms with Crippen LogP contribution in [0.2, 0.25) is 0 Å². The number of nitrogens with one attached hydrogen (secondary N) is 2. The van der Waals surface area contributed by atoms with E-state index in [-0.39, 0.29) is 23.5 Å². The highest BCUT2D eigenvalue weighted by molar-refractivity contribution is 5.91. The Kier molecular flexibility index (Phi) is 9.00. The molecule has 0 unspecified atom stereocenters. The molecule has 1 aliphatic heterocycles. The average Bonchev–Trinajstić information content (AvgIpc) is 3.37. The molecule has 16 heteroatoms. The van der Waals surface area contributed by atoms with Crippen molar-refractivity contribution in [1.29, 1.82) is 0 Å². The first-order valence-corrected chi connectivity index (χ1v) is 11.9. The van der Waals surface area contributed by atoms with E-state index < -0.39 is 78.3 Å². The van der Waals surface area contributed by atoms with Crippen LogP contribution < -0.4 is 10.9 Å². The molecule has 0 spiro atoms. The molecule has 2 aromatic heterocycles. The molecule has 212 valence electrons. The highest BCUT2D eigenvalue weighted by Crippen LogP contribution is 2.38. The van der Waals surface area contributed by atoms with E-state index in [4.69, 9.17) is 18.9 Å². The van der Waals surface area contributed by atoms with Crippen LogP contribution in [0.25, 0.3) is 11.2 Å². The number of carbonyl (C=O) groups excluding carboxylic acids is 4. The number of hydrogen-bond acceptors (Lipinski definition) is 12. The fourth-order valence-electron chi connectivity index (χ4n) is 4.03. The van der Waals surface area contributed by atoms with Crippen molar-refractivity contribution in [1.82, 2.24) is 19.5 Å². The van der Waals surface area contributed by atoms with Crippen LogP contribution in [0.5, 0.6) is 0 Å². The highest BCUT2D eigenvalue weighted by atomic mass is 16.7. The van der Waals surface area contributed by atoms with Gasteiger partial charge in [-0.3, -0.25) is 43.6 Å². The van der Waals surface area contributed by atoms with Gasteiger partial charge < -0.3 is 24.1 Å². The molecule has 0 saturated carbocycles. The number of carbonyl (C=O) groups is 5. The number of aliphatic carboxylic acids is 1. The maximum Gasteiger partial charge on any atom is 0.303 e. The van der Waals surface area contributed by atoms with Crippen LogP contribution in [0.15, 0.2) is 11.1 Å². The zero-order valence-corrected chi connectivity index (χ0v) is 21.8. The minimum absolute atomic E-state index is 0.0724. The van der Waals surface area contributed by atoms with E-state index >= 15 is 0 Å². The fraction of sp³-hybridized carbons (Fsp3) is 0.565. The number of hydrogen-bond donors (Lipinski definition) is 3. The summed E-state index contributed by atoms with van der Waals surface area (Å²) < 4.78 is 23.5. The van der Waals surface area contributed by atoms with Gasteiger partial charge in [-0.05, 0) is 6.42 Å². The van der Waals surface area contributed by atoms with Gasteiger partial charge in [0, 0.05) is 33.1 Å². The molecule has 1 amide bonds. The van der Waals surface area contributed by atoms with Gasteiger partial charge in [0.05, 0.1) is 6.33 Å². The lowest BCUT2D eigenvalue weighted by atomic mass is 10.0. The molecule has 1 fully saturated rings. The van der Waals surface area contributed by atoms with Gasteiger partial charge in [-0.1, -0.05) is 13.8 Å². The Morgan fingerprint density at radius 3 is 2.31 bits per heavy atom. The van der Waals surface area contributed by atoms with Crippen molar-refractivity contribution >= 4 is 46.9 Å². The van der Waals surface area contributed by atoms with Gasteiger partial charge in [0.15, 0.2) is 29.6 Å². The molecule has 16 nitrogen and oxygen atoms in total. The molecule has 3 N–H and O–H groups in total. The summed E-state index contributed by atoms with van der Waals surface area (Å²) in [5, 5.41) is 11.7. The first-order chi connectivity index (χ1) is 18.3. The molecular weight excluding hydrogens is 522 g/mol. The van der Waals surface area contributed by atoms with E-state index in [1.807, 2.05) is 0 Å². The van der Waals surface area contributed by atoms with Gasteiger partial charge >= 0.3 is 23.9 Å². The summed E-state index contributed by atoms with van der Waals surface area (Å²) in [6.07, 6.45) is -6.00. The maximum absolute atomic E-state index is 12.7. The number of aromatic nitrogens is 4. The van der Waals surface area contributed by atoms with E-state index in [1.165, 1.54) is 10.9 Å². The van der Waals surface area contributed by atoms with Crippen LogP contribution in [-0.2, 0) is 42.9 Å². The summed E-state index contributed by atoms with van der Waals surface area (Å²) in [6.45, 7) is 6.61. The van der Waals surface area contributed by atoms with Crippen molar-refractivity contribution in [3.63, 3.8) is 0 Å². The number of anilines is 1. The highest BCUT2D eigenvalue weighted by Gasteiger charge is 2.54. The van der Waals surface area contributed by atoms with Crippen molar-refractivity contribution in [2.75, 3.05) is 5.32 Å². The van der Waals surface area contributed by atoms with E-state index in [1.54, 1.807) is 13.8 Å². The maximum atomic E-state index is 12.7. The van der Waals surface area contributed by atoms with Crippen LogP contribution in [0.4, 0.5) is 5.95 Å². The summed E-state index contributed by atoms with van der Waals surface area (Å²) in [6, 6.07) is 0. The zero-order valence-electron chi connectivity index (χ0n) is 21.8. The number of carboxylic acid groups (broad SMARTS) is 1. The van der Waals surface area contributed by atoms with Crippen molar-refractivity contribution in [2.24, 2.45) is 5.92 Å². The predicted octanol–water partition coefficient (Wildman–Crippen LogP) is 0.271. The second kappa shape index (κ2) is 12.0. The number of H-pyrrole nitrogens is 1. The first kappa shape index (κ1) is 29.2. The van der Waals surface area contributed by atoms with Crippen LogP contribution in [0.3, 0.4) is 0 Å². The van der Waals surface area contributed by atoms with Crippen LogP contribution in [-0.4, -0.2) is 78.8 Å². The number of ether oxygens (including phenoxy) is 4. The Balaban J connectivity index is 2.12. The van der Waals surface area contributed by atoms with Crippen molar-refractivity contribution < 1.29 is 48.0 Å². The first-order valence-electron chi connectivity index (χ1n) is 11.9. The number of rotatable bonds is 10. The third kappa shape index (κ3) is 6.95. The van der Waals surface area contributed by atoms with Crippen LogP contribution in [0.1, 0.15) is 53.7 Å².